The number of ether oxygens (including phenoxy) is 1. The largest absolute Gasteiger partial charge is 0.495 e. The molecular formula is C38H41ClN4O7S. The summed E-state index contributed by atoms with van der Waals surface area (Å²) in [5.41, 5.74) is 2.34. The number of carbonyl (C=O) groups excluding carboxylic acids is 2. The molecule has 5 rings (SSSR count). The van der Waals surface area contributed by atoms with E-state index < -0.39 is 44.0 Å². The van der Waals surface area contributed by atoms with Gasteiger partial charge in [0.2, 0.25) is 11.8 Å². The van der Waals surface area contributed by atoms with Crippen molar-refractivity contribution >= 4 is 44.8 Å². The summed E-state index contributed by atoms with van der Waals surface area (Å²) in [6.45, 7) is 2.66. The van der Waals surface area contributed by atoms with Gasteiger partial charge in [-0.2, -0.15) is 0 Å². The second-order valence-electron chi connectivity index (χ2n) is 12.7. The lowest BCUT2D eigenvalue weighted by Crippen LogP contribution is -2.54. The van der Waals surface area contributed by atoms with E-state index >= 15 is 0 Å². The molecule has 1 fully saturated rings. The van der Waals surface area contributed by atoms with Crippen molar-refractivity contribution in [2.75, 3.05) is 18.0 Å². The Labute approximate surface area is 303 Å². The maximum atomic E-state index is 14.8. The van der Waals surface area contributed by atoms with E-state index in [9.17, 15) is 28.1 Å². The molecule has 11 nitrogen and oxygen atoms in total. The van der Waals surface area contributed by atoms with E-state index in [1.54, 1.807) is 0 Å². The van der Waals surface area contributed by atoms with Crippen molar-refractivity contribution in [3.63, 3.8) is 0 Å². The normalized spacial score (nSPS) is 13.7. The summed E-state index contributed by atoms with van der Waals surface area (Å²) >= 11 is 6.37. The van der Waals surface area contributed by atoms with E-state index in [2.05, 4.69) is 5.32 Å². The van der Waals surface area contributed by atoms with Gasteiger partial charge in [-0.3, -0.25) is 24.0 Å². The molecule has 1 atom stereocenters. The van der Waals surface area contributed by atoms with E-state index in [-0.39, 0.29) is 46.9 Å². The van der Waals surface area contributed by atoms with Gasteiger partial charge in [-0.1, -0.05) is 90.7 Å². The van der Waals surface area contributed by atoms with Crippen LogP contribution in [0.5, 0.6) is 5.75 Å². The molecule has 51 heavy (non-hydrogen) atoms. The number of aryl methyl sites for hydroxylation is 2. The molecule has 2 amide bonds. The van der Waals surface area contributed by atoms with Crippen LogP contribution in [0.3, 0.4) is 0 Å². The molecule has 0 radical (unpaired) electrons. The van der Waals surface area contributed by atoms with Crippen LogP contribution in [0.1, 0.15) is 47.9 Å². The second kappa shape index (κ2) is 16.4. The Morgan fingerprint density at radius 2 is 1.67 bits per heavy atom. The summed E-state index contributed by atoms with van der Waals surface area (Å²) in [6, 6.07) is 23.7. The smallest absolute Gasteiger partial charge is 0.273 e. The molecule has 268 valence electrons. The number of halogens is 1. The summed E-state index contributed by atoms with van der Waals surface area (Å²) in [5.74, 6) is -0.913. The third-order valence-corrected chi connectivity index (χ3v) is 11.1. The van der Waals surface area contributed by atoms with Gasteiger partial charge < -0.3 is 15.0 Å². The van der Waals surface area contributed by atoms with Crippen LogP contribution in [0.4, 0.5) is 11.4 Å². The molecule has 0 unspecified atom stereocenters. The standard InChI is InChI=1S/C38H41ClN4O7S/c1-26-10-9-13-29(20-26)24-41(35(21-28-11-5-4-6-12-28)38(45)40-31-14-7-8-15-31)37(44)25-42(34-22-30(39)17-19-36(34)50-3)51(48,49)32-18-16-27(2)33(23-32)43(46)47/h4-6,9-13,16-20,22-23,31,35H,7-8,14-15,21,24-25H2,1-3H3,(H,40,45)/t35-/m1/s1. The fraction of sp³-hybridized carbons (Fsp3) is 0.316. The van der Waals surface area contributed by atoms with Crippen molar-refractivity contribution in [2.24, 2.45) is 0 Å². The molecule has 0 bridgehead atoms. The molecule has 1 aliphatic rings. The number of hydrogen-bond acceptors (Lipinski definition) is 7. The van der Waals surface area contributed by atoms with E-state index in [1.807, 2.05) is 61.5 Å². The molecule has 13 heteroatoms. The summed E-state index contributed by atoms with van der Waals surface area (Å²) in [5, 5.41) is 15.1. The zero-order valence-corrected chi connectivity index (χ0v) is 30.3. The topological polar surface area (TPSA) is 139 Å². The first kappa shape index (κ1) is 37.3. The number of nitrogens with zero attached hydrogens (tertiary/aromatic N) is 3. The quantitative estimate of drug-likeness (QED) is 0.112. The van der Waals surface area contributed by atoms with Crippen molar-refractivity contribution < 1.29 is 27.7 Å². The van der Waals surface area contributed by atoms with Gasteiger partial charge >= 0.3 is 0 Å². The summed E-state index contributed by atoms with van der Waals surface area (Å²) in [4.78, 5) is 41.2. The Hall–Kier alpha value is -4.94. The molecule has 4 aromatic rings. The molecule has 0 spiro atoms. The van der Waals surface area contributed by atoms with Crippen molar-refractivity contribution in [3.8, 4) is 5.75 Å². The number of rotatable bonds is 14. The van der Waals surface area contributed by atoms with Gasteiger partial charge in [0.1, 0.15) is 18.3 Å². The maximum absolute atomic E-state index is 14.8. The number of nitro groups is 1. The highest BCUT2D eigenvalue weighted by Crippen LogP contribution is 2.36. The molecule has 0 saturated heterocycles. The van der Waals surface area contributed by atoms with Crippen molar-refractivity contribution in [3.05, 3.63) is 128 Å². The predicted molar refractivity (Wildman–Crippen MR) is 196 cm³/mol. The highest BCUT2D eigenvalue weighted by Gasteiger charge is 2.37. The molecule has 4 aromatic carbocycles. The van der Waals surface area contributed by atoms with Crippen LogP contribution < -0.4 is 14.4 Å². The molecule has 1 N–H and O–H groups in total. The number of nitro benzene ring substituents is 1. The number of sulfonamides is 1. The van der Waals surface area contributed by atoms with Crippen LogP contribution in [0.15, 0.2) is 95.9 Å². The Kier molecular flexibility index (Phi) is 12.0. The SMILES string of the molecule is COc1ccc(Cl)cc1N(CC(=O)N(Cc1cccc(C)c1)[C@H](Cc1ccccc1)C(=O)NC1CCCC1)S(=O)(=O)c1ccc(C)c([N+](=O)[O-])c1. The van der Waals surface area contributed by atoms with Crippen molar-refractivity contribution in [1.82, 2.24) is 10.2 Å². The van der Waals surface area contributed by atoms with Gasteiger partial charge in [-0.25, -0.2) is 8.42 Å². The summed E-state index contributed by atoms with van der Waals surface area (Å²) < 4.78 is 35.4. The molecule has 1 aliphatic carbocycles. The van der Waals surface area contributed by atoms with Crippen LogP contribution in [0.25, 0.3) is 0 Å². The molecule has 0 aliphatic heterocycles. The van der Waals surface area contributed by atoms with Gasteiger partial charge in [0, 0.05) is 35.7 Å². The first-order valence-electron chi connectivity index (χ1n) is 16.7. The van der Waals surface area contributed by atoms with E-state index in [0.717, 1.165) is 52.7 Å². The molecular weight excluding hydrogens is 692 g/mol. The molecule has 0 aromatic heterocycles. The number of benzene rings is 4. The van der Waals surface area contributed by atoms with Crippen LogP contribution >= 0.6 is 11.6 Å². The Morgan fingerprint density at radius 1 is 0.961 bits per heavy atom. The average Bonchev–Trinajstić information content (AvgIpc) is 3.62. The Balaban J connectivity index is 1.64. The van der Waals surface area contributed by atoms with Crippen LogP contribution in [-0.4, -0.2) is 55.8 Å². The van der Waals surface area contributed by atoms with Crippen molar-refractivity contribution in [2.45, 2.75) is 69.5 Å². The van der Waals surface area contributed by atoms with E-state index in [4.69, 9.17) is 16.3 Å². The number of carbonyl (C=O) groups is 2. The third kappa shape index (κ3) is 9.05. The highest BCUT2D eigenvalue weighted by atomic mass is 35.5. The lowest BCUT2D eigenvalue weighted by molar-refractivity contribution is -0.385. The lowest BCUT2D eigenvalue weighted by Gasteiger charge is -2.34. The van der Waals surface area contributed by atoms with Crippen molar-refractivity contribution in [1.29, 1.82) is 0 Å². The lowest BCUT2D eigenvalue weighted by atomic mass is 10.0. The van der Waals surface area contributed by atoms with Gasteiger partial charge in [0.05, 0.1) is 22.6 Å². The number of anilines is 1. The fourth-order valence-corrected chi connectivity index (χ4v) is 7.98. The monoisotopic (exact) mass is 732 g/mol. The number of nitrogens with one attached hydrogen (secondary N) is 1. The highest BCUT2D eigenvalue weighted by molar-refractivity contribution is 7.92. The average molecular weight is 733 g/mol. The summed E-state index contributed by atoms with van der Waals surface area (Å²) in [7, 11) is -3.32. The Morgan fingerprint density at radius 3 is 2.33 bits per heavy atom. The fourth-order valence-electron chi connectivity index (χ4n) is 6.37. The van der Waals surface area contributed by atoms with Crippen LogP contribution in [0, 0.1) is 24.0 Å². The minimum absolute atomic E-state index is 0.00662. The van der Waals surface area contributed by atoms with Crippen LogP contribution in [0.2, 0.25) is 5.02 Å². The van der Waals surface area contributed by atoms with Gasteiger partial charge in [0.15, 0.2) is 0 Å². The minimum Gasteiger partial charge on any atom is -0.495 e. The minimum atomic E-state index is -4.67. The van der Waals surface area contributed by atoms with Crippen LogP contribution in [-0.2, 0) is 32.6 Å². The third-order valence-electron chi connectivity index (χ3n) is 9.06. The van der Waals surface area contributed by atoms with E-state index in [0.29, 0.717) is 0 Å². The summed E-state index contributed by atoms with van der Waals surface area (Å²) in [6.07, 6.45) is 3.82. The molecule has 1 saturated carbocycles. The van der Waals surface area contributed by atoms with Gasteiger partial charge in [-0.05, 0) is 62.1 Å². The van der Waals surface area contributed by atoms with Gasteiger partial charge in [-0.15, -0.1) is 0 Å². The number of methoxy groups -OCH3 is 1. The first-order chi connectivity index (χ1) is 24.4. The first-order valence-corrected chi connectivity index (χ1v) is 18.5. The zero-order chi connectivity index (χ0) is 36.7. The maximum Gasteiger partial charge on any atom is 0.273 e. The number of amides is 2. The Bertz CT molecular complexity index is 2000. The predicted octanol–water partition coefficient (Wildman–Crippen LogP) is 6.77. The number of hydrogen-bond donors (Lipinski definition) is 1. The molecule has 0 heterocycles. The second-order valence-corrected chi connectivity index (χ2v) is 15.0. The zero-order valence-electron chi connectivity index (χ0n) is 28.8. The van der Waals surface area contributed by atoms with E-state index in [1.165, 1.54) is 49.3 Å². The van der Waals surface area contributed by atoms with Gasteiger partial charge in [0.25, 0.3) is 15.7 Å².